The normalized spacial score (nSPS) is 12.0. The summed E-state index contributed by atoms with van der Waals surface area (Å²) in [6.45, 7) is 2.53. The minimum absolute atomic E-state index is 0.175. The van der Waals surface area contributed by atoms with Gasteiger partial charge in [-0.05, 0) is 24.6 Å². The predicted molar refractivity (Wildman–Crippen MR) is 87.9 cm³/mol. The predicted octanol–water partition coefficient (Wildman–Crippen LogP) is 4.51. The van der Waals surface area contributed by atoms with Crippen molar-refractivity contribution in [3.05, 3.63) is 28.2 Å². The lowest BCUT2D eigenvalue weighted by atomic mass is 10.2. The monoisotopic (exact) mass is 348 g/mol. The van der Waals surface area contributed by atoms with Crippen LogP contribution >= 0.6 is 23.2 Å². The maximum absolute atomic E-state index is 11.7. The third-order valence-electron chi connectivity index (χ3n) is 2.95. The average molecular weight is 349 g/mol. The summed E-state index contributed by atoms with van der Waals surface area (Å²) in [5.74, 6) is 0.260. The van der Waals surface area contributed by atoms with Gasteiger partial charge >= 0.3 is 5.97 Å². The van der Waals surface area contributed by atoms with E-state index in [2.05, 4.69) is 6.92 Å². The Labute approximate surface area is 141 Å². The number of rotatable bonds is 10. The third kappa shape index (κ3) is 7.34. The maximum atomic E-state index is 11.7. The SMILES string of the molecule is CCCCCC(=O)OC(COC)COc1ccc(Cl)cc1Cl. The first kappa shape index (κ1) is 19.1. The standard InChI is InChI=1S/C16H22Cl2O4/c1-3-4-5-6-16(19)22-13(10-20-2)11-21-15-8-7-12(17)9-14(15)18/h7-9,13H,3-6,10-11H2,1-2H3. The Bertz CT molecular complexity index is 465. The molecule has 22 heavy (non-hydrogen) atoms. The van der Waals surface area contributed by atoms with Crippen molar-refractivity contribution in [3.8, 4) is 5.75 Å². The van der Waals surface area contributed by atoms with Gasteiger partial charge < -0.3 is 14.2 Å². The van der Waals surface area contributed by atoms with Crippen molar-refractivity contribution in [1.82, 2.24) is 0 Å². The van der Waals surface area contributed by atoms with Gasteiger partial charge in [-0.15, -0.1) is 0 Å². The van der Waals surface area contributed by atoms with Crippen LogP contribution in [0.3, 0.4) is 0 Å². The highest BCUT2D eigenvalue weighted by atomic mass is 35.5. The van der Waals surface area contributed by atoms with Gasteiger partial charge in [-0.1, -0.05) is 43.0 Å². The van der Waals surface area contributed by atoms with Gasteiger partial charge in [0.15, 0.2) is 6.10 Å². The minimum Gasteiger partial charge on any atom is -0.488 e. The summed E-state index contributed by atoms with van der Waals surface area (Å²) in [4.78, 5) is 11.7. The summed E-state index contributed by atoms with van der Waals surface area (Å²) in [6.07, 6.45) is 2.86. The summed E-state index contributed by atoms with van der Waals surface area (Å²) in [5.41, 5.74) is 0. The van der Waals surface area contributed by atoms with Crippen LogP contribution in [0.25, 0.3) is 0 Å². The fraction of sp³-hybridized carbons (Fsp3) is 0.562. The van der Waals surface area contributed by atoms with Crippen LogP contribution in [0.1, 0.15) is 32.6 Å². The van der Waals surface area contributed by atoms with Gasteiger partial charge in [-0.3, -0.25) is 4.79 Å². The number of carbonyl (C=O) groups excluding carboxylic acids is 1. The molecule has 1 rings (SSSR count). The Morgan fingerprint density at radius 1 is 1.23 bits per heavy atom. The number of methoxy groups -OCH3 is 1. The highest BCUT2D eigenvalue weighted by Crippen LogP contribution is 2.27. The van der Waals surface area contributed by atoms with E-state index in [1.165, 1.54) is 0 Å². The van der Waals surface area contributed by atoms with Crippen molar-refractivity contribution < 1.29 is 19.0 Å². The summed E-state index contributed by atoms with van der Waals surface area (Å²) >= 11 is 11.9. The molecule has 0 aromatic heterocycles. The highest BCUT2D eigenvalue weighted by molar-refractivity contribution is 6.35. The molecular weight excluding hydrogens is 327 g/mol. The number of esters is 1. The molecule has 0 bridgehead atoms. The topological polar surface area (TPSA) is 44.8 Å². The highest BCUT2D eigenvalue weighted by Gasteiger charge is 2.16. The van der Waals surface area contributed by atoms with Crippen LogP contribution in [-0.2, 0) is 14.3 Å². The van der Waals surface area contributed by atoms with E-state index in [0.717, 1.165) is 19.3 Å². The van der Waals surface area contributed by atoms with Crippen LogP contribution in [0.2, 0.25) is 10.0 Å². The molecule has 0 radical (unpaired) electrons. The number of unbranched alkanes of at least 4 members (excludes halogenated alkanes) is 2. The first-order valence-corrected chi connectivity index (χ1v) is 8.08. The lowest BCUT2D eigenvalue weighted by Gasteiger charge is -2.18. The Hall–Kier alpha value is -0.970. The zero-order chi connectivity index (χ0) is 16.4. The molecule has 0 N–H and O–H groups in total. The number of benzene rings is 1. The van der Waals surface area contributed by atoms with Gasteiger partial charge in [0.25, 0.3) is 0 Å². The van der Waals surface area contributed by atoms with Crippen LogP contribution in [0, 0.1) is 0 Å². The molecule has 0 fully saturated rings. The fourth-order valence-electron chi connectivity index (χ4n) is 1.84. The van der Waals surface area contributed by atoms with E-state index in [0.29, 0.717) is 22.2 Å². The molecule has 0 aliphatic carbocycles. The number of hydrogen-bond acceptors (Lipinski definition) is 4. The first-order valence-electron chi connectivity index (χ1n) is 7.33. The lowest BCUT2D eigenvalue weighted by molar-refractivity contribution is -0.153. The fourth-order valence-corrected chi connectivity index (χ4v) is 2.30. The first-order chi connectivity index (χ1) is 10.6. The van der Waals surface area contributed by atoms with Crippen molar-refractivity contribution in [3.63, 3.8) is 0 Å². The molecule has 0 aliphatic rings. The summed E-state index contributed by atoms with van der Waals surface area (Å²) in [6, 6.07) is 4.96. The largest absolute Gasteiger partial charge is 0.488 e. The summed E-state index contributed by atoms with van der Waals surface area (Å²) in [7, 11) is 1.55. The molecule has 0 amide bonds. The molecule has 0 saturated heterocycles. The van der Waals surface area contributed by atoms with E-state index in [1.807, 2.05) is 0 Å². The van der Waals surface area contributed by atoms with Crippen molar-refractivity contribution in [2.45, 2.75) is 38.7 Å². The number of halogens is 2. The minimum atomic E-state index is -0.467. The Morgan fingerprint density at radius 3 is 2.64 bits per heavy atom. The number of carbonyl (C=O) groups is 1. The quantitative estimate of drug-likeness (QED) is 0.460. The van der Waals surface area contributed by atoms with Gasteiger partial charge in [-0.2, -0.15) is 0 Å². The molecular formula is C16H22Cl2O4. The molecule has 0 saturated carbocycles. The molecule has 1 aromatic carbocycles. The second kappa shape index (κ2) is 10.7. The van der Waals surface area contributed by atoms with Crippen LogP contribution in [0.4, 0.5) is 0 Å². The van der Waals surface area contributed by atoms with E-state index in [1.54, 1.807) is 25.3 Å². The zero-order valence-electron chi connectivity index (χ0n) is 12.9. The third-order valence-corrected chi connectivity index (χ3v) is 3.48. The second-order valence-electron chi connectivity index (χ2n) is 4.91. The van der Waals surface area contributed by atoms with Gasteiger partial charge in [-0.25, -0.2) is 0 Å². The molecule has 0 spiro atoms. The Kier molecular flexibility index (Phi) is 9.28. The molecule has 1 unspecified atom stereocenters. The van der Waals surface area contributed by atoms with Crippen LogP contribution in [0.15, 0.2) is 18.2 Å². The molecule has 124 valence electrons. The van der Waals surface area contributed by atoms with E-state index in [9.17, 15) is 4.79 Å². The van der Waals surface area contributed by atoms with Crippen LogP contribution < -0.4 is 4.74 Å². The van der Waals surface area contributed by atoms with Gasteiger partial charge in [0, 0.05) is 18.6 Å². The Morgan fingerprint density at radius 2 is 2.00 bits per heavy atom. The maximum Gasteiger partial charge on any atom is 0.306 e. The summed E-state index contributed by atoms with van der Waals surface area (Å²) in [5, 5.41) is 0.950. The van der Waals surface area contributed by atoms with Crippen molar-refractivity contribution in [2.75, 3.05) is 20.3 Å². The molecule has 6 heteroatoms. The smallest absolute Gasteiger partial charge is 0.306 e. The van der Waals surface area contributed by atoms with Crippen LogP contribution in [-0.4, -0.2) is 32.4 Å². The molecule has 0 heterocycles. The van der Waals surface area contributed by atoms with Gasteiger partial charge in [0.1, 0.15) is 12.4 Å². The second-order valence-corrected chi connectivity index (χ2v) is 5.75. The van der Waals surface area contributed by atoms with E-state index < -0.39 is 6.10 Å². The van der Waals surface area contributed by atoms with Gasteiger partial charge in [0.2, 0.25) is 0 Å². The molecule has 1 atom stereocenters. The zero-order valence-corrected chi connectivity index (χ0v) is 14.5. The molecule has 0 aliphatic heterocycles. The number of ether oxygens (including phenoxy) is 3. The van der Waals surface area contributed by atoms with Crippen LogP contribution in [0.5, 0.6) is 5.75 Å². The molecule has 4 nitrogen and oxygen atoms in total. The Balaban J connectivity index is 2.47. The van der Waals surface area contributed by atoms with Crippen molar-refractivity contribution in [1.29, 1.82) is 0 Å². The number of hydrogen-bond donors (Lipinski definition) is 0. The summed E-state index contributed by atoms with van der Waals surface area (Å²) < 4.78 is 16.0. The molecule has 1 aromatic rings. The van der Waals surface area contributed by atoms with E-state index in [4.69, 9.17) is 37.4 Å². The van der Waals surface area contributed by atoms with Crippen molar-refractivity contribution >= 4 is 29.2 Å². The van der Waals surface area contributed by atoms with Crippen molar-refractivity contribution in [2.24, 2.45) is 0 Å². The lowest BCUT2D eigenvalue weighted by Crippen LogP contribution is -2.29. The average Bonchev–Trinajstić information content (AvgIpc) is 2.46. The van der Waals surface area contributed by atoms with E-state index >= 15 is 0 Å². The van der Waals surface area contributed by atoms with Gasteiger partial charge in [0.05, 0.1) is 11.6 Å². The van der Waals surface area contributed by atoms with E-state index in [-0.39, 0.29) is 19.2 Å².